The van der Waals surface area contributed by atoms with E-state index >= 15 is 0 Å². The monoisotopic (exact) mass is 471 g/mol. The van der Waals surface area contributed by atoms with Crippen molar-refractivity contribution in [2.75, 3.05) is 10.6 Å². The zero-order valence-corrected chi connectivity index (χ0v) is 19.0. The maximum Gasteiger partial charge on any atom is 0.231 e. The Labute approximate surface area is 200 Å². The zero-order chi connectivity index (χ0) is 23.1. The molecule has 0 atom stereocenters. The van der Waals surface area contributed by atoms with E-state index < -0.39 is 0 Å². The maximum atomic E-state index is 12.6. The molecule has 8 nitrogen and oxygen atoms in total. The number of hydrogen-bond donors (Lipinski definition) is 2. The van der Waals surface area contributed by atoms with Crippen molar-refractivity contribution in [3.63, 3.8) is 0 Å². The normalized spacial score (nSPS) is 13.4. The summed E-state index contributed by atoms with van der Waals surface area (Å²) in [6, 6.07) is 11.5. The van der Waals surface area contributed by atoms with Crippen LogP contribution in [0.5, 0.6) is 0 Å². The number of fused-ring (bicyclic) bond motifs is 2. The highest BCUT2D eigenvalue weighted by molar-refractivity contribution is 6.30. The Morgan fingerprint density at radius 3 is 2.88 bits per heavy atom. The van der Waals surface area contributed by atoms with Gasteiger partial charge in [-0.2, -0.15) is 0 Å². The molecule has 0 spiro atoms. The third kappa shape index (κ3) is 4.32. The second-order valence-electron chi connectivity index (χ2n) is 8.57. The number of anilines is 2. The average molecular weight is 472 g/mol. The fraction of sp³-hybridized carbons (Fsp3) is 0.200. The average Bonchev–Trinajstić information content (AvgIpc) is 3.49. The molecular formula is C25H22ClN7O. The summed E-state index contributed by atoms with van der Waals surface area (Å²) in [5.74, 6) is 0.988. The Bertz CT molecular complexity index is 1520. The first-order valence-electron chi connectivity index (χ1n) is 11.2. The molecule has 5 aromatic heterocycles. The molecule has 1 saturated carbocycles. The summed E-state index contributed by atoms with van der Waals surface area (Å²) in [4.78, 5) is 25.9. The molecule has 5 aromatic rings. The van der Waals surface area contributed by atoms with Crippen molar-refractivity contribution in [2.24, 2.45) is 0 Å². The number of nitrogens with zero attached hydrogens (tertiary/aromatic N) is 5. The Balaban J connectivity index is 1.10. The summed E-state index contributed by atoms with van der Waals surface area (Å²) >= 11 is 6.09. The maximum absolute atomic E-state index is 12.6. The number of carbonyl (C=O) groups is 1. The van der Waals surface area contributed by atoms with Crippen molar-refractivity contribution in [1.29, 1.82) is 0 Å². The molecule has 1 aliphatic rings. The van der Waals surface area contributed by atoms with Crippen LogP contribution < -0.4 is 10.6 Å². The first-order chi connectivity index (χ1) is 16.6. The number of imidazole rings is 2. The fourth-order valence-corrected chi connectivity index (χ4v) is 4.26. The van der Waals surface area contributed by atoms with Gasteiger partial charge in [-0.3, -0.25) is 4.79 Å². The second kappa shape index (κ2) is 8.46. The minimum atomic E-state index is -0.197. The highest BCUT2D eigenvalue weighted by Gasteiger charge is 2.23. The molecule has 9 heteroatoms. The van der Waals surface area contributed by atoms with Gasteiger partial charge in [0.2, 0.25) is 5.91 Å². The number of aromatic nitrogens is 5. The Hall–Kier alpha value is -3.91. The fourth-order valence-electron chi connectivity index (χ4n) is 4.10. The first-order valence-corrected chi connectivity index (χ1v) is 11.6. The third-order valence-corrected chi connectivity index (χ3v) is 6.22. The zero-order valence-electron chi connectivity index (χ0n) is 18.3. The van der Waals surface area contributed by atoms with E-state index in [9.17, 15) is 4.79 Å². The van der Waals surface area contributed by atoms with Crippen LogP contribution in [0.15, 0.2) is 67.5 Å². The molecule has 1 aliphatic carbocycles. The molecule has 1 fully saturated rings. The summed E-state index contributed by atoms with van der Waals surface area (Å²) in [7, 11) is 0. The van der Waals surface area contributed by atoms with Gasteiger partial charge in [-0.1, -0.05) is 17.7 Å². The summed E-state index contributed by atoms with van der Waals surface area (Å²) in [6.45, 7) is 0.569. The number of halogens is 1. The number of pyridine rings is 3. The minimum Gasteiger partial charge on any atom is -0.379 e. The number of hydrogen-bond acceptors (Lipinski definition) is 5. The highest BCUT2D eigenvalue weighted by Crippen LogP contribution is 2.39. The van der Waals surface area contributed by atoms with E-state index in [4.69, 9.17) is 11.6 Å². The lowest BCUT2D eigenvalue weighted by Gasteiger charge is -2.08. The SMILES string of the molecule is O=C(Cc1ncn2ccc(Cl)cc12)Nc1cc(NCc2cn3cc(C4CC4)ccc3n2)ccn1. The van der Waals surface area contributed by atoms with Gasteiger partial charge in [0, 0.05) is 41.6 Å². The predicted octanol–water partition coefficient (Wildman–Crippen LogP) is 4.70. The van der Waals surface area contributed by atoms with E-state index in [2.05, 4.69) is 54.5 Å². The highest BCUT2D eigenvalue weighted by atomic mass is 35.5. The molecule has 0 aromatic carbocycles. The lowest BCUT2D eigenvalue weighted by molar-refractivity contribution is -0.115. The molecule has 6 rings (SSSR count). The van der Waals surface area contributed by atoms with Crippen molar-refractivity contribution in [1.82, 2.24) is 23.8 Å². The standard InChI is InChI=1S/C25H22ClN7O/c26-18-6-8-32-15-29-21(22(32)9-18)11-25(34)31-23-10-19(5-7-27-23)28-12-20-14-33-13-17(16-1-2-16)3-4-24(33)30-20/h3-10,13-16H,1-2,11-12H2,(H2,27,28,31,34). The molecule has 5 heterocycles. The molecule has 0 unspecified atom stereocenters. The summed E-state index contributed by atoms with van der Waals surface area (Å²) in [5, 5.41) is 6.82. The van der Waals surface area contributed by atoms with Gasteiger partial charge in [0.25, 0.3) is 0 Å². The van der Waals surface area contributed by atoms with E-state index in [0.29, 0.717) is 29.0 Å². The van der Waals surface area contributed by atoms with Gasteiger partial charge in [-0.25, -0.2) is 15.0 Å². The van der Waals surface area contributed by atoms with Gasteiger partial charge in [0.15, 0.2) is 0 Å². The van der Waals surface area contributed by atoms with Crippen LogP contribution in [0, 0.1) is 0 Å². The number of amides is 1. The van der Waals surface area contributed by atoms with Crippen LogP contribution in [0.2, 0.25) is 5.02 Å². The van der Waals surface area contributed by atoms with Gasteiger partial charge in [-0.15, -0.1) is 0 Å². The predicted molar refractivity (Wildman–Crippen MR) is 131 cm³/mol. The van der Waals surface area contributed by atoms with Gasteiger partial charge in [-0.05, 0) is 48.6 Å². The Morgan fingerprint density at radius 2 is 2.00 bits per heavy atom. The lowest BCUT2D eigenvalue weighted by Crippen LogP contribution is -2.16. The molecule has 1 amide bonds. The smallest absolute Gasteiger partial charge is 0.231 e. The van der Waals surface area contributed by atoms with E-state index in [1.165, 1.54) is 18.4 Å². The first kappa shape index (κ1) is 20.7. The molecule has 0 radical (unpaired) electrons. The van der Waals surface area contributed by atoms with Gasteiger partial charge in [0.1, 0.15) is 11.5 Å². The van der Waals surface area contributed by atoms with Crippen LogP contribution in [-0.4, -0.2) is 29.7 Å². The lowest BCUT2D eigenvalue weighted by atomic mass is 10.2. The van der Waals surface area contributed by atoms with Gasteiger partial charge < -0.3 is 19.4 Å². The minimum absolute atomic E-state index is 0.125. The van der Waals surface area contributed by atoms with Crippen molar-refractivity contribution in [3.8, 4) is 0 Å². The summed E-state index contributed by atoms with van der Waals surface area (Å²) in [5.41, 5.74) is 5.58. The topological polar surface area (TPSA) is 88.6 Å². The van der Waals surface area contributed by atoms with E-state index in [-0.39, 0.29) is 12.3 Å². The van der Waals surface area contributed by atoms with Crippen molar-refractivity contribution in [3.05, 3.63) is 89.5 Å². The van der Waals surface area contributed by atoms with Crippen LogP contribution in [0.4, 0.5) is 11.5 Å². The molecule has 34 heavy (non-hydrogen) atoms. The van der Waals surface area contributed by atoms with Crippen LogP contribution in [0.3, 0.4) is 0 Å². The van der Waals surface area contributed by atoms with Crippen LogP contribution in [0.25, 0.3) is 11.2 Å². The number of rotatable bonds is 7. The van der Waals surface area contributed by atoms with E-state index in [1.807, 2.05) is 16.7 Å². The van der Waals surface area contributed by atoms with Crippen LogP contribution in [-0.2, 0) is 17.8 Å². The molecule has 0 aliphatic heterocycles. The molecule has 0 bridgehead atoms. The Kier molecular flexibility index (Phi) is 5.15. The number of carbonyl (C=O) groups excluding carboxylic acids is 1. The van der Waals surface area contributed by atoms with Crippen molar-refractivity contribution < 1.29 is 4.79 Å². The molecule has 170 valence electrons. The quantitative estimate of drug-likeness (QED) is 0.359. The largest absolute Gasteiger partial charge is 0.379 e. The van der Waals surface area contributed by atoms with Gasteiger partial charge in [0.05, 0.1) is 36.2 Å². The van der Waals surface area contributed by atoms with E-state index in [1.54, 1.807) is 30.7 Å². The summed E-state index contributed by atoms with van der Waals surface area (Å²) in [6.07, 6.45) is 12.1. The van der Waals surface area contributed by atoms with Gasteiger partial charge >= 0.3 is 0 Å². The molecule has 2 N–H and O–H groups in total. The molecule has 0 saturated heterocycles. The van der Waals surface area contributed by atoms with E-state index in [0.717, 1.165) is 22.5 Å². The number of nitrogens with one attached hydrogen (secondary N) is 2. The molecular weight excluding hydrogens is 450 g/mol. The third-order valence-electron chi connectivity index (χ3n) is 5.98. The van der Waals surface area contributed by atoms with Crippen LogP contribution >= 0.6 is 11.6 Å². The summed E-state index contributed by atoms with van der Waals surface area (Å²) < 4.78 is 3.93. The van der Waals surface area contributed by atoms with Crippen LogP contribution in [0.1, 0.15) is 35.7 Å². The Morgan fingerprint density at radius 1 is 1.09 bits per heavy atom. The van der Waals surface area contributed by atoms with Crippen molar-refractivity contribution in [2.45, 2.75) is 31.7 Å². The van der Waals surface area contributed by atoms with Crippen molar-refractivity contribution >= 4 is 40.2 Å². The second-order valence-corrected chi connectivity index (χ2v) is 9.01.